The summed E-state index contributed by atoms with van der Waals surface area (Å²) in [5.74, 6) is 0.268. The number of rotatable bonds is 10. The van der Waals surface area contributed by atoms with E-state index in [4.69, 9.17) is 4.74 Å². The SMILES string of the molecule is CCN(CC)CCNCC(O)COc1ccc(F)cc1. The third-order valence-corrected chi connectivity index (χ3v) is 3.14. The highest BCUT2D eigenvalue weighted by Crippen LogP contribution is 2.11. The van der Waals surface area contributed by atoms with Crippen LogP contribution in [0.15, 0.2) is 24.3 Å². The van der Waals surface area contributed by atoms with Gasteiger partial charge in [0.05, 0.1) is 0 Å². The summed E-state index contributed by atoms with van der Waals surface area (Å²) in [4.78, 5) is 2.31. The van der Waals surface area contributed by atoms with E-state index >= 15 is 0 Å². The number of aliphatic hydroxyl groups is 1. The molecule has 5 heteroatoms. The van der Waals surface area contributed by atoms with Gasteiger partial charge in [0.1, 0.15) is 24.3 Å². The first-order valence-corrected chi connectivity index (χ1v) is 7.15. The predicted molar refractivity (Wildman–Crippen MR) is 78.6 cm³/mol. The molecule has 4 nitrogen and oxygen atoms in total. The Morgan fingerprint density at radius 3 is 2.50 bits per heavy atom. The second-order valence-corrected chi connectivity index (χ2v) is 4.65. The predicted octanol–water partition coefficient (Wildman–Crippen LogP) is 1.50. The van der Waals surface area contributed by atoms with Crippen molar-refractivity contribution in [2.75, 3.05) is 39.3 Å². The van der Waals surface area contributed by atoms with Crippen LogP contribution in [0.3, 0.4) is 0 Å². The lowest BCUT2D eigenvalue weighted by Crippen LogP contribution is -2.37. The Hall–Kier alpha value is -1.17. The Bertz CT molecular complexity index is 355. The van der Waals surface area contributed by atoms with Gasteiger partial charge >= 0.3 is 0 Å². The van der Waals surface area contributed by atoms with Crippen LogP contribution in [0.1, 0.15) is 13.8 Å². The summed E-state index contributed by atoms with van der Waals surface area (Å²) in [6.45, 7) is 8.84. The minimum absolute atomic E-state index is 0.198. The molecule has 1 aromatic carbocycles. The van der Waals surface area contributed by atoms with Crippen molar-refractivity contribution in [2.45, 2.75) is 20.0 Å². The molecular weight excluding hydrogens is 259 g/mol. The highest BCUT2D eigenvalue weighted by Gasteiger charge is 2.05. The lowest BCUT2D eigenvalue weighted by molar-refractivity contribution is 0.105. The summed E-state index contributed by atoms with van der Waals surface area (Å²) in [5, 5.41) is 13.0. The molecule has 20 heavy (non-hydrogen) atoms. The van der Waals surface area contributed by atoms with Gasteiger partial charge in [-0.05, 0) is 37.4 Å². The topological polar surface area (TPSA) is 44.7 Å². The molecule has 114 valence electrons. The number of benzene rings is 1. The Labute approximate surface area is 120 Å². The largest absolute Gasteiger partial charge is 0.491 e. The Morgan fingerprint density at radius 1 is 1.25 bits per heavy atom. The number of ether oxygens (including phenoxy) is 1. The zero-order valence-electron chi connectivity index (χ0n) is 12.3. The standard InChI is InChI=1S/C15H25FN2O2/c1-3-18(4-2)10-9-17-11-14(19)12-20-15-7-5-13(16)6-8-15/h5-8,14,17,19H,3-4,9-12H2,1-2H3. The molecule has 0 aliphatic heterocycles. The molecule has 0 heterocycles. The van der Waals surface area contributed by atoms with Gasteiger partial charge in [-0.1, -0.05) is 13.8 Å². The quantitative estimate of drug-likeness (QED) is 0.639. The zero-order valence-corrected chi connectivity index (χ0v) is 12.3. The monoisotopic (exact) mass is 284 g/mol. The van der Waals surface area contributed by atoms with E-state index in [1.165, 1.54) is 12.1 Å². The molecule has 0 aliphatic carbocycles. The van der Waals surface area contributed by atoms with Gasteiger partial charge in [0, 0.05) is 19.6 Å². The van der Waals surface area contributed by atoms with E-state index in [0.717, 1.165) is 26.2 Å². The summed E-state index contributed by atoms with van der Waals surface area (Å²) in [6.07, 6.45) is -0.572. The minimum atomic E-state index is -0.572. The van der Waals surface area contributed by atoms with Crippen molar-refractivity contribution in [2.24, 2.45) is 0 Å². The molecule has 0 aliphatic rings. The lowest BCUT2D eigenvalue weighted by Gasteiger charge is -2.19. The molecule has 0 bridgehead atoms. The van der Waals surface area contributed by atoms with Crippen LogP contribution >= 0.6 is 0 Å². The minimum Gasteiger partial charge on any atom is -0.491 e. The van der Waals surface area contributed by atoms with E-state index in [-0.39, 0.29) is 12.4 Å². The molecular formula is C15H25FN2O2. The molecule has 0 amide bonds. The maximum Gasteiger partial charge on any atom is 0.123 e. The van der Waals surface area contributed by atoms with Crippen LogP contribution < -0.4 is 10.1 Å². The van der Waals surface area contributed by atoms with Crippen molar-refractivity contribution in [3.8, 4) is 5.75 Å². The van der Waals surface area contributed by atoms with E-state index in [9.17, 15) is 9.50 Å². The molecule has 0 saturated carbocycles. The Balaban J connectivity index is 2.11. The first kappa shape index (κ1) is 16.9. The summed E-state index contributed by atoms with van der Waals surface area (Å²) in [6, 6.07) is 5.78. The lowest BCUT2D eigenvalue weighted by atomic mass is 10.3. The average Bonchev–Trinajstić information content (AvgIpc) is 2.47. The van der Waals surface area contributed by atoms with E-state index in [1.54, 1.807) is 12.1 Å². The Morgan fingerprint density at radius 2 is 1.90 bits per heavy atom. The molecule has 2 N–H and O–H groups in total. The van der Waals surface area contributed by atoms with Crippen molar-refractivity contribution in [3.05, 3.63) is 30.1 Å². The molecule has 0 saturated heterocycles. The second kappa shape index (κ2) is 9.69. The highest BCUT2D eigenvalue weighted by molar-refractivity contribution is 5.22. The van der Waals surface area contributed by atoms with Gasteiger partial charge in [-0.3, -0.25) is 0 Å². The molecule has 0 fully saturated rings. The van der Waals surface area contributed by atoms with Crippen molar-refractivity contribution in [1.29, 1.82) is 0 Å². The Kier molecular flexibility index (Phi) is 8.18. The molecule has 1 unspecified atom stereocenters. The third kappa shape index (κ3) is 6.84. The zero-order chi connectivity index (χ0) is 14.8. The summed E-state index contributed by atoms with van der Waals surface area (Å²) in [7, 11) is 0. The number of nitrogens with zero attached hydrogens (tertiary/aromatic N) is 1. The molecule has 0 aromatic heterocycles. The highest BCUT2D eigenvalue weighted by atomic mass is 19.1. The maximum atomic E-state index is 12.7. The number of nitrogens with one attached hydrogen (secondary N) is 1. The third-order valence-electron chi connectivity index (χ3n) is 3.14. The van der Waals surface area contributed by atoms with Gasteiger partial charge in [0.15, 0.2) is 0 Å². The van der Waals surface area contributed by atoms with Crippen LogP contribution in [0.4, 0.5) is 4.39 Å². The van der Waals surface area contributed by atoms with E-state index in [0.29, 0.717) is 12.3 Å². The fourth-order valence-corrected chi connectivity index (χ4v) is 1.83. The second-order valence-electron chi connectivity index (χ2n) is 4.65. The number of hydrogen-bond donors (Lipinski definition) is 2. The van der Waals surface area contributed by atoms with E-state index in [1.807, 2.05) is 0 Å². The first-order chi connectivity index (χ1) is 9.65. The summed E-state index contributed by atoms with van der Waals surface area (Å²) < 4.78 is 18.1. The number of halogens is 1. The summed E-state index contributed by atoms with van der Waals surface area (Å²) >= 11 is 0. The van der Waals surface area contributed by atoms with Gasteiger partial charge in [-0.25, -0.2) is 4.39 Å². The number of likely N-dealkylation sites (N-methyl/N-ethyl adjacent to an activating group) is 1. The van der Waals surface area contributed by atoms with Crippen LogP contribution in [0, 0.1) is 5.82 Å². The van der Waals surface area contributed by atoms with Gasteiger partial charge in [0.2, 0.25) is 0 Å². The van der Waals surface area contributed by atoms with Crippen LogP contribution in [-0.4, -0.2) is 55.4 Å². The molecule has 0 spiro atoms. The molecule has 1 aromatic rings. The van der Waals surface area contributed by atoms with E-state index in [2.05, 4.69) is 24.1 Å². The molecule has 1 rings (SSSR count). The number of hydrogen-bond acceptors (Lipinski definition) is 4. The van der Waals surface area contributed by atoms with Crippen LogP contribution in [-0.2, 0) is 0 Å². The van der Waals surface area contributed by atoms with Crippen LogP contribution in [0.2, 0.25) is 0 Å². The fourth-order valence-electron chi connectivity index (χ4n) is 1.83. The van der Waals surface area contributed by atoms with Gasteiger partial charge in [-0.2, -0.15) is 0 Å². The van der Waals surface area contributed by atoms with Crippen LogP contribution in [0.5, 0.6) is 5.75 Å². The summed E-state index contributed by atoms with van der Waals surface area (Å²) in [5.41, 5.74) is 0. The molecule has 1 atom stereocenters. The van der Waals surface area contributed by atoms with Crippen molar-refractivity contribution in [1.82, 2.24) is 10.2 Å². The van der Waals surface area contributed by atoms with Crippen molar-refractivity contribution < 1.29 is 14.2 Å². The smallest absolute Gasteiger partial charge is 0.123 e. The van der Waals surface area contributed by atoms with Gasteiger partial charge < -0.3 is 20.1 Å². The maximum absolute atomic E-state index is 12.7. The molecule has 0 radical (unpaired) electrons. The average molecular weight is 284 g/mol. The van der Waals surface area contributed by atoms with Gasteiger partial charge in [0.25, 0.3) is 0 Å². The van der Waals surface area contributed by atoms with Crippen molar-refractivity contribution in [3.63, 3.8) is 0 Å². The first-order valence-electron chi connectivity index (χ1n) is 7.15. The van der Waals surface area contributed by atoms with Crippen LogP contribution in [0.25, 0.3) is 0 Å². The fraction of sp³-hybridized carbons (Fsp3) is 0.600. The number of aliphatic hydroxyl groups excluding tert-OH is 1. The normalized spacial score (nSPS) is 12.7. The van der Waals surface area contributed by atoms with E-state index < -0.39 is 6.10 Å². The van der Waals surface area contributed by atoms with Crippen molar-refractivity contribution >= 4 is 0 Å². The van der Waals surface area contributed by atoms with Gasteiger partial charge in [-0.15, -0.1) is 0 Å².